The number of aryl methyl sites for hydroxylation is 2. The van der Waals surface area contributed by atoms with Gasteiger partial charge in [-0.2, -0.15) is 5.10 Å². The molecule has 1 aromatic carbocycles. The van der Waals surface area contributed by atoms with Crippen molar-refractivity contribution in [2.24, 2.45) is 7.05 Å². The molecule has 2 aromatic rings. The molecule has 1 atom stereocenters. The largest absolute Gasteiger partial charge is 0.305 e. The van der Waals surface area contributed by atoms with Crippen LogP contribution < -0.4 is 5.32 Å². The van der Waals surface area contributed by atoms with Crippen molar-refractivity contribution in [1.29, 1.82) is 0 Å². The molecule has 0 aliphatic heterocycles. The summed E-state index contributed by atoms with van der Waals surface area (Å²) < 4.78 is 14.9. The van der Waals surface area contributed by atoms with Crippen molar-refractivity contribution in [3.05, 3.63) is 52.1 Å². The minimum Gasteiger partial charge on any atom is -0.305 e. The highest BCUT2D eigenvalue weighted by Gasteiger charge is 2.12. The van der Waals surface area contributed by atoms with E-state index in [1.54, 1.807) is 10.7 Å². The number of benzene rings is 1. The van der Waals surface area contributed by atoms with E-state index < -0.39 is 0 Å². The molecule has 0 spiro atoms. The van der Waals surface area contributed by atoms with Gasteiger partial charge in [-0.05, 0) is 31.5 Å². The molecule has 0 aliphatic rings. The molecule has 1 aromatic heterocycles. The van der Waals surface area contributed by atoms with Gasteiger partial charge in [0.15, 0.2) is 0 Å². The van der Waals surface area contributed by atoms with Crippen molar-refractivity contribution < 1.29 is 4.39 Å². The first kappa shape index (κ1) is 14.0. The Kier molecular flexibility index (Phi) is 4.22. The van der Waals surface area contributed by atoms with Gasteiger partial charge in [0, 0.05) is 19.6 Å². The van der Waals surface area contributed by atoms with Gasteiger partial charge in [-0.1, -0.05) is 23.7 Å². The number of nitrogens with one attached hydrogen (secondary N) is 1. The maximum absolute atomic E-state index is 13.2. The summed E-state index contributed by atoms with van der Waals surface area (Å²) in [6.45, 7) is 4.46. The third-order valence-electron chi connectivity index (χ3n) is 3.19. The van der Waals surface area contributed by atoms with E-state index in [-0.39, 0.29) is 11.9 Å². The molecule has 0 saturated heterocycles. The highest BCUT2D eigenvalue weighted by molar-refractivity contribution is 6.31. The number of rotatable bonds is 4. The van der Waals surface area contributed by atoms with Gasteiger partial charge in [-0.25, -0.2) is 4.39 Å². The monoisotopic (exact) mass is 281 g/mol. The van der Waals surface area contributed by atoms with E-state index in [1.807, 2.05) is 27.0 Å². The Labute approximate surface area is 117 Å². The van der Waals surface area contributed by atoms with Crippen LogP contribution in [-0.4, -0.2) is 9.78 Å². The summed E-state index contributed by atoms with van der Waals surface area (Å²) >= 11 is 6.19. The summed E-state index contributed by atoms with van der Waals surface area (Å²) in [5, 5.41) is 8.27. The second-order valence-corrected chi connectivity index (χ2v) is 5.01. The van der Waals surface area contributed by atoms with Crippen LogP contribution in [0.3, 0.4) is 0 Å². The van der Waals surface area contributed by atoms with E-state index in [0.717, 1.165) is 17.0 Å². The second kappa shape index (κ2) is 5.72. The summed E-state index contributed by atoms with van der Waals surface area (Å²) in [5.74, 6) is -0.222. The first-order valence-corrected chi connectivity index (χ1v) is 6.53. The lowest BCUT2D eigenvalue weighted by Gasteiger charge is -2.14. The maximum atomic E-state index is 13.2. The average Bonchev–Trinajstić information content (AvgIpc) is 2.61. The third kappa shape index (κ3) is 3.14. The summed E-state index contributed by atoms with van der Waals surface area (Å²) in [6.07, 6.45) is 0. The fourth-order valence-electron chi connectivity index (χ4n) is 2.02. The molecule has 102 valence electrons. The zero-order valence-corrected chi connectivity index (χ0v) is 12.0. The topological polar surface area (TPSA) is 29.9 Å². The number of aromatic nitrogens is 2. The summed E-state index contributed by atoms with van der Waals surface area (Å²) in [7, 11) is 1.86. The molecule has 19 heavy (non-hydrogen) atoms. The predicted octanol–water partition coefficient (Wildman–Crippen LogP) is 3.37. The fourth-order valence-corrected chi connectivity index (χ4v) is 2.24. The Morgan fingerprint density at radius 1 is 1.47 bits per heavy atom. The Morgan fingerprint density at radius 2 is 2.21 bits per heavy atom. The lowest BCUT2D eigenvalue weighted by Crippen LogP contribution is -2.20. The van der Waals surface area contributed by atoms with Crippen LogP contribution in [0.2, 0.25) is 5.02 Å². The Hall–Kier alpha value is -1.39. The highest BCUT2D eigenvalue weighted by Crippen LogP contribution is 2.20. The number of hydrogen-bond acceptors (Lipinski definition) is 2. The van der Waals surface area contributed by atoms with E-state index in [2.05, 4.69) is 10.4 Å². The molecule has 1 unspecified atom stereocenters. The smallest absolute Gasteiger partial charge is 0.123 e. The van der Waals surface area contributed by atoms with Crippen LogP contribution in [0.25, 0.3) is 0 Å². The number of hydrogen-bond donors (Lipinski definition) is 1. The fraction of sp³-hybridized carbons (Fsp3) is 0.357. The van der Waals surface area contributed by atoms with Crippen molar-refractivity contribution in [3.8, 4) is 0 Å². The lowest BCUT2D eigenvalue weighted by atomic mass is 10.1. The molecule has 0 fully saturated rings. The van der Waals surface area contributed by atoms with Crippen LogP contribution in [0.5, 0.6) is 0 Å². The summed E-state index contributed by atoms with van der Waals surface area (Å²) in [5.41, 5.74) is 2.66. The zero-order valence-electron chi connectivity index (χ0n) is 11.2. The van der Waals surface area contributed by atoms with Gasteiger partial charge < -0.3 is 5.32 Å². The van der Waals surface area contributed by atoms with Crippen molar-refractivity contribution in [2.45, 2.75) is 26.4 Å². The molecule has 1 heterocycles. The van der Waals surface area contributed by atoms with Gasteiger partial charge >= 0.3 is 0 Å². The standard InChI is InChI=1S/C14H17ClFN3/c1-9(11-5-4-6-12(16)7-11)17-8-13-14(15)10(2)18-19(13)3/h4-7,9,17H,8H2,1-3H3. The SMILES string of the molecule is Cc1nn(C)c(CNC(C)c2cccc(F)c2)c1Cl. The lowest BCUT2D eigenvalue weighted by molar-refractivity contribution is 0.542. The van der Waals surface area contributed by atoms with Gasteiger partial charge in [0.2, 0.25) is 0 Å². The van der Waals surface area contributed by atoms with Gasteiger partial charge in [-0.15, -0.1) is 0 Å². The van der Waals surface area contributed by atoms with E-state index in [1.165, 1.54) is 12.1 Å². The minimum atomic E-state index is -0.222. The van der Waals surface area contributed by atoms with Crippen LogP contribution >= 0.6 is 11.6 Å². The molecule has 3 nitrogen and oxygen atoms in total. The van der Waals surface area contributed by atoms with Gasteiger partial charge in [0.1, 0.15) is 5.82 Å². The van der Waals surface area contributed by atoms with Gasteiger partial charge in [0.05, 0.1) is 16.4 Å². The quantitative estimate of drug-likeness (QED) is 0.931. The summed E-state index contributed by atoms with van der Waals surface area (Å²) in [4.78, 5) is 0. The van der Waals surface area contributed by atoms with Crippen LogP contribution in [-0.2, 0) is 13.6 Å². The van der Waals surface area contributed by atoms with Gasteiger partial charge in [0.25, 0.3) is 0 Å². The van der Waals surface area contributed by atoms with Crippen molar-refractivity contribution in [3.63, 3.8) is 0 Å². The van der Waals surface area contributed by atoms with Crippen LogP contribution in [0.4, 0.5) is 4.39 Å². The van der Waals surface area contributed by atoms with E-state index in [0.29, 0.717) is 11.6 Å². The molecule has 0 bridgehead atoms. The van der Waals surface area contributed by atoms with E-state index in [4.69, 9.17) is 11.6 Å². The van der Waals surface area contributed by atoms with Crippen LogP contribution in [0.15, 0.2) is 24.3 Å². The maximum Gasteiger partial charge on any atom is 0.123 e. The van der Waals surface area contributed by atoms with Gasteiger partial charge in [-0.3, -0.25) is 4.68 Å². The Balaban J connectivity index is 2.06. The molecular formula is C14H17ClFN3. The first-order valence-electron chi connectivity index (χ1n) is 6.16. The molecule has 0 amide bonds. The van der Waals surface area contributed by atoms with E-state index in [9.17, 15) is 4.39 Å². The Morgan fingerprint density at radius 3 is 2.79 bits per heavy atom. The molecular weight excluding hydrogens is 265 g/mol. The molecule has 0 radical (unpaired) electrons. The average molecular weight is 282 g/mol. The minimum absolute atomic E-state index is 0.0435. The second-order valence-electron chi connectivity index (χ2n) is 4.63. The first-order chi connectivity index (χ1) is 8.99. The van der Waals surface area contributed by atoms with Crippen LogP contribution in [0.1, 0.15) is 29.9 Å². The molecule has 2 rings (SSSR count). The zero-order chi connectivity index (χ0) is 14.0. The highest BCUT2D eigenvalue weighted by atomic mass is 35.5. The third-order valence-corrected chi connectivity index (χ3v) is 3.68. The van der Waals surface area contributed by atoms with Crippen molar-refractivity contribution in [2.75, 3.05) is 0 Å². The summed E-state index contributed by atoms with van der Waals surface area (Å²) in [6, 6.07) is 6.63. The van der Waals surface area contributed by atoms with E-state index >= 15 is 0 Å². The normalized spacial score (nSPS) is 12.7. The van der Waals surface area contributed by atoms with Crippen LogP contribution in [0, 0.1) is 12.7 Å². The molecule has 1 N–H and O–H groups in total. The number of nitrogens with zero attached hydrogens (tertiary/aromatic N) is 2. The molecule has 0 aliphatic carbocycles. The van der Waals surface area contributed by atoms with Crippen molar-refractivity contribution >= 4 is 11.6 Å². The molecule has 5 heteroatoms. The molecule has 0 saturated carbocycles. The Bertz CT molecular complexity index is 580. The predicted molar refractivity (Wildman–Crippen MR) is 74.6 cm³/mol. The number of halogens is 2. The van der Waals surface area contributed by atoms with Crippen molar-refractivity contribution in [1.82, 2.24) is 15.1 Å².